The van der Waals surface area contributed by atoms with E-state index in [1.807, 2.05) is 46.8 Å². The molecule has 2 fully saturated rings. The number of carbonyl (C=O) groups excluding carboxylic acids is 2. The Balaban J connectivity index is 1.34. The number of aromatic nitrogens is 2. The average molecular weight is 439 g/mol. The Kier molecular flexibility index (Phi) is 6.38. The fraction of sp³-hybridized carbons (Fsp3) is 0.560. The van der Waals surface area contributed by atoms with Crippen LogP contribution in [0.15, 0.2) is 30.3 Å². The van der Waals surface area contributed by atoms with Crippen LogP contribution in [0.25, 0.3) is 0 Å². The lowest BCUT2D eigenvalue weighted by atomic mass is 9.72. The maximum absolute atomic E-state index is 13.5. The van der Waals surface area contributed by atoms with E-state index < -0.39 is 5.41 Å². The van der Waals surface area contributed by atoms with Crippen LogP contribution in [0.2, 0.25) is 0 Å². The second kappa shape index (κ2) is 9.06. The molecule has 7 nitrogen and oxygen atoms in total. The molecule has 2 saturated heterocycles. The van der Waals surface area contributed by atoms with E-state index in [2.05, 4.69) is 31.2 Å². The van der Waals surface area contributed by atoms with Crippen molar-refractivity contribution >= 4 is 11.8 Å². The van der Waals surface area contributed by atoms with Gasteiger partial charge in [-0.2, -0.15) is 5.10 Å². The number of nitrogens with zero attached hydrogens (tertiary/aromatic N) is 3. The normalized spacial score (nSPS) is 19.3. The van der Waals surface area contributed by atoms with Crippen LogP contribution in [0, 0.1) is 26.7 Å². The van der Waals surface area contributed by atoms with Gasteiger partial charge in [-0.25, -0.2) is 0 Å². The number of amides is 2. The minimum Gasteiger partial charge on any atom is -0.381 e. The summed E-state index contributed by atoms with van der Waals surface area (Å²) in [5.41, 5.74) is 3.86. The van der Waals surface area contributed by atoms with Crippen LogP contribution >= 0.6 is 0 Å². The van der Waals surface area contributed by atoms with Crippen LogP contribution < -0.4 is 5.32 Å². The minimum atomic E-state index is -0.539. The van der Waals surface area contributed by atoms with Gasteiger partial charge in [-0.05, 0) is 51.7 Å². The molecular formula is C25H34N4O3. The standard InChI is InChI=1S/C25H34N4O3/c1-17(29-20(4)18(2)19(3)27-29)14-26-23(30)21-15-28(16-21)24(31)25(10-12-32-13-11-25)22-8-6-5-7-9-22/h5-9,17,21H,10-16H2,1-4H3,(H,26,30). The third-order valence-electron chi connectivity index (χ3n) is 7.30. The first-order valence-corrected chi connectivity index (χ1v) is 11.6. The Hall–Kier alpha value is -2.67. The molecule has 0 bridgehead atoms. The molecule has 0 aliphatic carbocycles. The molecule has 2 aliphatic rings. The quantitative estimate of drug-likeness (QED) is 0.752. The Morgan fingerprint density at radius 2 is 1.81 bits per heavy atom. The van der Waals surface area contributed by atoms with Crippen LogP contribution in [-0.2, 0) is 19.7 Å². The summed E-state index contributed by atoms with van der Waals surface area (Å²) in [6.07, 6.45) is 1.37. The topological polar surface area (TPSA) is 76.5 Å². The van der Waals surface area contributed by atoms with E-state index in [1.54, 1.807) is 0 Å². The summed E-state index contributed by atoms with van der Waals surface area (Å²) < 4.78 is 7.54. The smallest absolute Gasteiger partial charge is 0.233 e. The molecule has 32 heavy (non-hydrogen) atoms. The highest BCUT2D eigenvalue weighted by atomic mass is 16.5. The number of ether oxygens (including phenoxy) is 1. The van der Waals surface area contributed by atoms with Gasteiger partial charge in [0.15, 0.2) is 0 Å². The molecular weight excluding hydrogens is 404 g/mol. The largest absolute Gasteiger partial charge is 0.381 e. The van der Waals surface area contributed by atoms with Crippen molar-refractivity contribution in [2.24, 2.45) is 5.92 Å². The van der Waals surface area contributed by atoms with Crippen molar-refractivity contribution in [3.8, 4) is 0 Å². The highest BCUT2D eigenvalue weighted by Gasteiger charge is 2.48. The summed E-state index contributed by atoms with van der Waals surface area (Å²) >= 11 is 0. The van der Waals surface area contributed by atoms with Crippen LogP contribution in [0.5, 0.6) is 0 Å². The molecule has 0 spiro atoms. The van der Waals surface area contributed by atoms with Gasteiger partial charge in [0.1, 0.15) is 0 Å². The number of carbonyl (C=O) groups is 2. The zero-order chi connectivity index (χ0) is 22.9. The monoisotopic (exact) mass is 438 g/mol. The Morgan fingerprint density at radius 3 is 2.41 bits per heavy atom. The van der Waals surface area contributed by atoms with Crippen LogP contribution in [0.3, 0.4) is 0 Å². The van der Waals surface area contributed by atoms with Crippen molar-refractivity contribution in [3.05, 3.63) is 52.8 Å². The van der Waals surface area contributed by atoms with E-state index in [-0.39, 0.29) is 23.8 Å². The zero-order valence-corrected chi connectivity index (χ0v) is 19.6. The summed E-state index contributed by atoms with van der Waals surface area (Å²) in [6, 6.07) is 10.1. The first kappa shape index (κ1) is 22.5. The minimum absolute atomic E-state index is 0.0138. The second-order valence-electron chi connectivity index (χ2n) is 9.30. The van der Waals surface area contributed by atoms with Crippen molar-refractivity contribution in [1.29, 1.82) is 0 Å². The van der Waals surface area contributed by atoms with E-state index in [1.165, 1.54) is 5.56 Å². The SMILES string of the molecule is Cc1nn(C(C)CNC(=O)C2CN(C(=O)C3(c4ccccc4)CCOCC3)C2)c(C)c1C. The van der Waals surface area contributed by atoms with E-state index in [0.29, 0.717) is 45.7 Å². The first-order valence-electron chi connectivity index (χ1n) is 11.6. The third kappa shape index (κ3) is 4.06. The number of hydrogen-bond acceptors (Lipinski definition) is 4. The number of nitrogens with one attached hydrogen (secondary N) is 1. The molecule has 1 aromatic carbocycles. The van der Waals surface area contributed by atoms with Crippen LogP contribution in [0.4, 0.5) is 0 Å². The van der Waals surface area contributed by atoms with Crippen molar-refractivity contribution in [3.63, 3.8) is 0 Å². The van der Waals surface area contributed by atoms with E-state index in [4.69, 9.17) is 4.74 Å². The zero-order valence-electron chi connectivity index (χ0n) is 19.6. The van der Waals surface area contributed by atoms with Crippen molar-refractivity contribution in [2.75, 3.05) is 32.8 Å². The van der Waals surface area contributed by atoms with E-state index in [0.717, 1.165) is 17.0 Å². The number of benzene rings is 1. The maximum atomic E-state index is 13.5. The lowest BCUT2D eigenvalue weighted by Crippen LogP contribution is -2.61. The molecule has 2 aliphatic heterocycles. The maximum Gasteiger partial charge on any atom is 0.233 e. The van der Waals surface area contributed by atoms with E-state index >= 15 is 0 Å². The molecule has 4 rings (SSSR count). The lowest BCUT2D eigenvalue weighted by Gasteiger charge is -2.46. The Bertz CT molecular complexity index is 973. The highest BCUT2D eigenvalue weighted by molar-refractivity contribution is 5.91. The molecule has 1 atom stereocenters. The number of likely N-dealkylation sites (tertiary alicyclic amines) is 1. The molecule has 2 aromatic rings. The van der Waals surface area contributed by atoms with Gasteiger partial charge in [0.05, 0.1) is 23.1 Å². The number of hydrogen-bond donors (Lipinski definition) is 1. The lowest BCUT2D eigenvalue weighted by molar-refractivity contribution is -0.151. The number of rotatable bonds is 6. The van der Waals surface area contributed by atoms with Crippen molar-refractivity contribution < 1.29 is 14.3 Å². The summed E-state index contributed by atoms with van der Waals surface area (Å²) in [7, 11) is 0. The average Bonchev–Trinajstić information content (AvgIpc) is 3.04. The van der Waals surface area contributed by atoms with Crippen LogP contribution in [-0.4, -0.2) is 59.3 Å². The molecule has 172 valence electrons. The van der Waals surface area contributed by atoms with Gasteiger partial charge in [0.25, 0.3) is 0 Å². The molecule has 1 N–H and O–H groups in total. The third-order valence-corrected chi connectivity index (χ3v) is 7.30. The van der Waals surface area contributed by atoms with E-state index in [9.17, 15) is 9.59 Å². The van der Waals surface area contributed by atoms with Gasteiger partial charge in [0, 0.05) is 38.5 Å². The fourth-order valence-corrected chi connectivity index (χ4v) is 4.87. The Labute approximate surface area is 190 Å². The predicted octanol–water partition coefficient (Wildman–Crippen LogP) is 2.69. The molecule has 3 heterocycles. The van der Waals surface area contributed by atoms with Gasteiger partial charge in [-0.3, -0.25) is 14.3 Å². The molecule has 0 radical (unpaired) electrons. The summed E-state index contributed by atoms with van der Waals surface area (Å²) in [4.78, 5) is 28.1. The summed E-state index contributed by atoms with van der Waals surface area (Å²) in [6.45, 7) is 10.8. The molecule has 2 amide bonds. The summed E-state index contributed by atoms with van der Waals surface area (Å²) in [5.74, 6) is -0.0107. The predicted molar refractivity (Wildman–Crippen MR) is 122 cm³/mol. The van der Waals surface area contributed by atoms with Gasteiger partial charge in [-0.1, -0.05) is 30.3 Å². The van der Waals surface area contributed by atoms with Gasteiger partial charge < -0.3 is 15.0 Å². The highest BCUT2D eigenvalue weighted by Crippen LogP contribution is 2.38. The first-order chi connectivity index (χ1) is 15.3. The molecule has 7 heteroatoms. The Morgan fingerprint density at radius 1 is 1.16 bits per heavy atom. The number of aryl methyl sites for hydroxylation is 1. The van der Waals surface area contributed by atoms with Crippen molar-refractivity contribution in [2.45, 2.75) is 52.0 Å². The van der Waals surface area contributed by atoms with Gasteiger partial charge in [0.2, 0.25) is 11.8 Å². The van der Waals surface area contributed by atoms with Crippen molar-refractivity contribution in [1.82, 2.24) is 20.0 Å². The molecule has 1 aromatic heterocycles. The van der Waals surface area contributed by atoms with Crippen LogP contribution in [0.1, 0.15) is 48.3 Å². The van der Waals surface area contributed by atoms with Gasteiger partial charge >= 0.3 is 0 Å². The molecule has 0 saturated carbocycles. The fourth-order valence-electron chi connectivity index (χ4n) is 4.87. The second-order valence-corrected chi connectivity index (χ2v) is 9.30. The summed E-state index contributed by atoms with van der Waals surface area (Å²) in [5, 5.41) is 7.65. The molecule has 1 unspecified atom stereocenters. The van der Waals surface area contributed by atoms with Gasteiger partial charge in [-0.15, -0.1) is 0 Å².